The molecule has 38 heavy (non-hydrogen) atoms. The van der Waals surface area contributed by atoms with E-state index in [-0.39, 0.29) is 30.2 Å². The lowest BCUT2D eigenvalue weighted by Crippen LogP contribution is -2.36. The van der Waals surface area contributed by atoms with Crippen LogP contribution in [-0.2, 0) is 11.2 Å². The normalized spacial score (nSPS) is 11.6. The van der Waals surface area contributed by atoms with E-state index in [4.69, 9.17) is 9.84 Å². The predicted molar refractivity (Wildman–Crippen MR) is 131 cm³/mol. The average Bonchev–Trinajstić information content (AvgIpc) is 2.88. The summed E-state index contributed by atoms with van der Waals surface area (Å²) in [6, 6.07) is 16.9. The monoisotopic (exact) mass is 532 g/mol. The Hall–Kier alpha value is -4.38. The molecule has 0 bridgehead atoms. The first-order valence-electron chi connectivity index (χ1n) is 11.4. The first-order valence-corrected chi connectivity index (χ1v) is 11.4. The maximum Gasteiger partial charge on any atom is 0.573 e. The number of carbonyl (C=O) groups excluding carboxylic acids is 2. The van der Waals surface area contributed by atoms with Gasteiger partial charge in [0.15, 0.2) is 0 Å². The van der Waals surface area contributed by atoms with Crippen molar-refractivity contribution in [3.8, 4) is 11.5 Å². The van der Waals surface area contributed by atoms with Gasteiger partial charge in [-0.2, -0.15) is 0 Å². The van der Waals surface area contributed by atoms with Gasteiger partial charge in [-0.25, -0.2) is 4.39 Å². The quantitative estimate of drug-likeness (QED) is 0.254. The largest absolute Gasteiger partial charge is 0.573 e. The minimum absolute atomic E-state index is 0.0750. The highest BCUT2D eigenvalue weighted by Gasteiger charge is 2.31. The van der Waals surface area contributed by atoms with Crippen molar-refractivity contribution in [2.75, 3.05) is 19.8 Å². The van der Waals surface area contributed by atoms with Crippen molar-refractivity contribution in [1.29, 1.82) is 0 Å². The second-order valence-electron chi connectivity index (χ2n) is 7.86. The van der Waals surface area contributed by atoms with Crippen LogP contribution < -0.4 is 20.1 Å². The summed E-state index contributed by atoms with van der Waals surface area (Å²) in [5, 5.41) is 13.9. The maximum absolute atomic E-state index is 13.0. The SMILES string of the molecule is O=C(NCCO)/C(=C\c1ccc(OC(F)(F)F)cc1)NC(=O)c1ccc(OCCc2ccc(F)cc2)cc1. The highest BCUT2D eigenvalue weighted by atomic mass is 19.4. The first kappa shape index (κ1) is 28.2. The van der Waals surface area contributed by atoms with Gasteiger partial charge in [-0.15, -0.1) is 13.2 Å². The van der Waals surface area contributed by atoms with Gasteiger partial charge in [0.2, 0.25) is 0 Å². The Morgan fingerprint density at radius 1 is 0.895 bits per heavy atom. The first-order chi connectivity index (χ1) is 18.1. The summed E-state index contributed by atoms with van der Waals surface area (Å²) < 4.78 is 59.6. The number of carbonyl (C=O) groups is 2. The summed E-state index contributed by atoms with van der Waals surface area (Å²) in [6.45, 7) is -0.0741. The molecule has 2 amide bonds. The van der Waals surface area contributed by atoms with E-state index < -0.39 is 23.9 Å². The number of benzene rings is 3. The molecule has 0 saturated heterocycles. The molecule has 3 aromatic rings. The Kier molecular flexibility index (Phi) is 9.83. The van der Waals surface area contributed by atoms with Crippen molar-refractivity contribution in [2.24, 2.45) is 0 Å². The molecule has 3 N–H and O–H groups in total. The predicted octanol–water partition coefficient (Wildman–Crippen LogP) is 4.23. The number of hydrogen-bond acceptors (Lipinski definition) is 5. The zero-order valence-electron chi connectivity index (χ0n) is 19.9. The summed E-state index contributed by atoms with van der Waals surface area (Å²) >= 11 is 0. The van der Waals surface area contributed by atoms with Crippen LogP contribution in [-0.4, -0.2) is 43.0 Å². The molecular formula is C27H24F4N2O5. The molecule has 200 valence electrons. The van der Waals surface area contributed by atoms with Crippen LogP contribution in [0.4, 0.5) is 17.6 Å². The standard InChI is InChI=1S/C27H24F4N2O5/c28-21-7-1-18(2-8-21)13-16-37-22-11-5-20(6-12-22)25(35)33-24(26(36)32-14-15-34)17-19-3-9-23(10-4-19)38-27(29,30)31/h1-12,17,34H,13-16H2,(H,32,36)(H,33,35)/b24-17+. The number of nitrogens with one attached hydrogen (secondary N) is 2. The van der Waals surface area contributed by atoms with E-state index in [1.54, 1.807) is 24.3 Å². The molecule has 7 nitrogen and oxygen atoms in total. The van der Waals surface area contributed by atoms with Gasteiger partial charge < -0.3 is 25.2 Å². The fourth-order valence-electron chi connectivity index (χ4n) is 3.19. The molecule has 0 fully saturated rings. The zero-order valence-corrected chi connectivity index (χ0v) is 19.9. The molecule has 0 aromatic heterocycles. The van der Waals surface area contributed by atoms with Crippen LogP contribution in [0.1, 0.15) is 21.5 Å². The van der Waals surface area contributed by atoms with Crippen LogP contribution in [0.2, 0.25) is 0 Å². The molecule has 0 aliphatic carbocycles. The van der Waals surface area contributed by atoms with E-state index in [9.17, 15) is 27.2 Å². The Balaban J connectivity index is 1.65. The number of hydrogen-bond donors (Lipinski definition) is 3. The van der Waals surface area contributed by atoms with Crippen molar-refractivity contribution >= 4 is 17.9 Å². The van der Waals surface area contributed by atoms with Crippen molar-refractivity contribution in [3.63, 3.8) is 0 Å². The van der Waals surface area contributed by atoms with Crippen molar-refractivity contribution in [2.45, 2.75) is 12.8 Å². The van der Waals surface area contributed by atoms with Crippen molar-refractivity contribution in [3.05, 3.63) is 101 Å². The molecule has 0 spiro atoms. The smallest absolute Gasteiger partial charge is 0.493 e. The maximum atomic E-state index is 13.0. The van der Waals surface area contributed by atoms with Gasteiger partial charge in [-0.05, 0) is 65.7 Å². The minimum Gasteiger partial charge on any atom is -0.493 e. The number of alkyl halides is 3. The summed E-state index contributed by atoms with van der Waals surface area (Å²) in [6.07, 6.45) is -3.01. The summed E-state index contributed by atoms with van der Waals surface area (Å²) in [4.78, 5) is 25.3. The Bertz CT molecular complexity index is 1240. The van der Waals surface area contributed by atoms with Crippen LogP contribution in [0.15, 0.2) is 78.5 Å². The number of halogens is 4. The van der Waals surface area contributed by atoms with Gasteiger partial charge in [0.05, 0.1) is 13.2 Å². The van der Waals surface area contributed by atoms with Crippen LogP contribution in [0.3, 0.4) is 0 Å². The third kappa shape index (κ3) is 9.25. The molecule has 0 radical (unpaired) electrons. The van der Waals surface area contributed by atoms with Gasteiger partial charge in [0, 0.05) is 18.5 Å². The topological polar surface area (TPSA) is 96.9 Å². The lowest BCUT2D eigenvalue weighted by atomic mass is 10.1. The van der Waals surface area contributed by atoms with Crippen molar-refractivity contribution in [1.82, 2.24) is 10.6 Å². The molecule has 0 unspecified atom stereocenters. The third-order valence-electron chi connectivity index (χ3n) is 5.00. The van der Waals surface area contributed by atoms with Crippen LogP contribution >= 0.6 is 0 Å². The highest BCUT2D eigenvalue weighted by molar-refractivity contribution is 6.05. The molecule has 0 heterocycles. The lowest BCUT2D eigenvalue weighted by molar-refractivity contribution is -0.274. The summed E-state index contributed by atoms with van der Waals surface area (Å²) in [5.41, 5.74) is 1.25. The molecule has 0 saturated carbocycles. The number of ether oxygens (including phenoxy) is 2. The van der Waals surface area contributed by atoms with Gasteiger partial charge in [-0.1, -0.05) is 24.3 Å². The molecule has 11 heteroatoms. The Morgan fingerprint density at radius 2 is 1.53 bits per heavy atom. The fraction of sp³-hybridized carbons (Fsp3) is 0.185. The van der Waals surface area contributed by atoms with E-state index in [2.05, 4.69) is 15.4 Å². The van der Waals surface area contributed by atoms with Gasteiger partial charge in [0.25, 0.3) is 11.8 Å². The minimum atomic E-state index is -4.84. The molecule has 3 aromatic carbocycles. The lowest BCUT2D eigenvalue weighted by Gasteiger charge is -2.12. The average molecular weight is 532 g/mol. The fourth-order valence-corrected chi connectivity index (χ4v) is 3.19. The molecule has 3 rings (SSSR count). The number of rotatable bonds is 11. The van der Waals surface area contributed by atoms with Crippen LogP contribution in [0.25, 0.3) is 6.08 Å². The van der Waals surface area contributed by atoms with Gasteiger partial charge >= 0.3 is 6.36 Å². The second kappa shape index (κ2) is 13.2. The van der Waals surface area contributed by atoms with E-state index in [0.717, 1.165) is 17.7 Å². The highest BCUT2D eigenvalue weighted by Crippen LogP contribution is 2.23. The van der Waals surface area contributed by atoms with E-state index >= 15 is 0 Å². The van der Waals surface area contributed by atoms with Gasteiger partial charge in [0.1, 0.15) is 23.0 Å². The van der Waals surface area contributed by atoms with Gasteiger partial charge in [-0.3, -0.25) is 9.59 Å². The van der Waals surface area contributed by atoms with E-state index in [0.29, 0.717) is 24.3 Å². The molecule has 0 atom stereocenters. The van der Waals surface area contributed by atoms with E-state index in [1.807, 2.05) is 0 Å². The number of amides is 2. The van der Waals surface area contributed by atoms with Crippen molar-refractivity contribution < 1.29 is 41.7 Å². The third-order valence-corrected chi connectivity index (χ3v) is 5.00. The molecule has 0 aliphatic heterocycles. The zero-order chi connectivity index (χ0) is 27.5. The second-order valence-corrected chi connectivity index (χ2v) is 7.86. The van der Waals surface area contributed by atoms with Crippen LogP contribution in [0.5, 0.6) is 11.5 Å². The molecule has 0 aliphatic rings. The summed E-state index contributed by atoms with van der Waals surface area (Å²) in [5.74, 6) is -1.58. The summed E-state index contributed by atoms with van der Waals surface area (Å²) in [7, 11) is 0. The Labute approximate surface area is 215 Å². The number of aliphatic hydroxyl groups excluding tert-OH is 1. The van der Waals surface area contributed by atoms with Crippen LogP contribution in [0, 0.1) is 5.82 Å². The Morgan fingerprint density at radius 3 is 2.13 bits per heavy atom. The molecular weight excluding hydrogens is 508 g/mol. The number of aliphatic hydroxyl groups is 1. The van der Waals surface area contributed by atoms with E-state index in [1.165, 1.54) is 42.5 Å².